The van der Waals surface area contributed by atoms with Gasteiger partial charge in [-0.1, -0.05) is 0 Å². The fourth-order valence-corrected chi connectivity index (χ4v) is 2.54. The van der Waals surface area contributed by atoms with Gasteiger partial charge in [0.05, 0.1) is 39.0 Å². The summed E-state index contributed by atoms with van der Waals surface area (Å²) in [5.41, 5.74) is 1.24. The summed E-state index contributed by atoms with van der Waals surface area (Å²) in [5.74, 6) is 1.80. The number of carbonyl (C=O) groups is 1. The molecule has 1 amide bonds. The Balaban J connectivity index is 2.03. The lowest BCUT2D eigenvalue weighted by molar-refractivity contribution is -0.123. The molecule has 0 aromatic heterocycles. The van der Waals surface area contributed by atoms with Crippen LogP contribution in [-0.2, 0) is 4.79 Å². The Hall–Kier alpha value is -3.40. The average molecular weight is 370 g/mol. The van der Waals surface area contributed by atoms with Gasteiger partial charge in [-0.25, -0.2) is 0 Å². The van der Waals surface area contributed by atoms with Gasteiger partial charge >= 0.3 is 0 Å². The minimum atomic E-state index is -0.311. The SMILES string of the molecule is COc1ccc(OC)c([C@@H](C)NC(=O)COc2ccc(C#N)cc2OC)c1. The molecule has 0 bridgehead atoms. The number of carbonyl (C=O) groups excluding carboxylic acids is 1. The lowest BCUT2D eigenvalue weighted by Gasteiger charge is -2.18. The van der Waals surface area contributed by atoms with Gasteiger partial charge < -0.3 is 24.3 Å². The molecular weight excluding hydrogens is 348 g/mol. The smallest absolute Gasteiger partial charge is 0.258 e. The molecule has 0 aliphatic rings. The third-order valence-corrected chi connectivity index (χ3v) is 3.93. The number of benzene rings is 2. The number of hydrogen-bond donors (Lipinski definition) is 1. The third kappa shape index (κ3) is 5.05. The Kier molecular flexibility index (Phi) is 6.89. The standard InChI is InChI=1S/C20H22N2O5/c1-13(16-10-15(24-2)6-8-17(16)25-3)22-20(23)12-27-18-7-5-14(11-21)9-19(18)26-4/h5-10,13H,12H2,1-4H3,(H,22,23)/t13-/m1/s1. The summed E-state index contributed by atoms with van der Waals surface area (Å²) < 4.78 is 21.3. The lowest BCUT2D eigenvalue weighted by atomic mass is 10.1. The maximum absolute atomic E-state index is 12.3. The van der Waals surface area contributed by atoms with Gasteiger partial charge in [0.25, 0.3) is 5.91 Å². The second-order valence-electron chi connectivity index (χ2n) is 5.66. The molecule has 0 aliphatic carbocycles. The number of hydrogen-bond acceptors (Lipinski definition) is 6. The maximum Gasteiger partial charge on any atom is 0.258 e. The Labute approximate surface area is 158 Å². The van der Waals surface area contributed by atoms with Gasteiger partial charge in [-0.05, 0) is 37.3 Å². The van der Waals surface area contributed by atoms with Crippen molar-refractivity contribution in [1.29, 1.82) is 5.26 Å². The molecule has 0 spiro atoms. The van der Waals surface area contributed by atoms with E-state index in [0.717, 1.165) is 5.56 Å². The van der Waals surface area contributed by atoms with Crippen LogP contribution in [0.3, 0.4) is 0 Å². The summed E-state index contributed by atoms with van der Waals surface area (Å²) in [7, 11) is 4.62. The Bertz CT molecular complexity index is 845. The molecule has 0 saturated heterocycles. The van der Waals surface area contributed by atoms with Crippen molar-refractivity contribution in [3.63, 3.8) is 0 Å². The van der Waals surface area contributed by atoms with Gasteiger partial charge in [-0.15, -0.1) is 0 Å². The van der Waals surface area contributed by atoms with Crippen LogP contribution < -0.4 is 24.3 Å². The van der Waals surface area contributed by atoms with Gasteiger partial charge in [0.15, 0.2) is 18.1 Å². The van der Waals surface area contributed by atoms with E-state index in [1.807, 2.05) is 19.1 Å². The number of nitriles is 1. The summed E-state index contributed by atoms with van der Waals surface area (Å²) >= 11 is 0. The predicted molar refractivity (Wildman–Crippen MR) is 99.3 cm³/mol. The Morgan fingerprint density at radius 2 is 1.74 bits per heavy atom. The minimum Gasteiger partial charge on any atom is -0.497 e. The lowest BCUT2D eigenvalue weighted by Crippen LogP contribution is -2.31. The molecule has 7 nitrogen and oxygen atoms in total. The highest BCUT2D eigenvalue weighted by molar-refractivity contribution is 5.78. The molecule has 2 aromatic carbocycles. The zero-order valence-electron chi connectivity index (χ0n) is 15.7. The topological polar surface area (TPSA) is 89.8 Å². The molecule has 2 rings (SSSR count). The predicted octanol–water partition coefficient (Wildman–Crippen LogP) is 2.84. The number of nitrogens with zero attached hydrogens (tertiary/aromatic N) is 1. The number of nitrogens with one attached hydrogen (secondary N) is 1. The third-order valence-electron chi connectivity index (χ3n) is 3.93. The zero-order chi connectivity index (χ0) is 19.8. The van der Waals surface area contributed by atoms with Crippen molar-refractivity contribution in [3.05, 3.63) is 47.5 Å². The quantitative estimate of drug-likeness (QED) is 0.768. The van der Waals surface area contributed by atoms with Crippen LogP contribution in [0.25, 0.3) is 0 Å². The largest absolute Gasteiger partial charge is 0.497 e. The Morgan fingerprint density at radius 1 is 1.04 bits per heavy atom. The van der Waals surface area contributed by atoms with E-state index >= 15 is 0 Å². The molecule has 7 heteroatoms. The summed E-state index contributed by atoms with van der Waals surface area (Å²) in [4.78, 5) is 12.3. The van der Waals surface area contributed by atoms with Gasteiger partial charge in [-0.2, -0.15) is 5.26 Å². The second kappa shape index (κ2) is 9.34. The van der Waals surface area contributed by atoms with E-state index in [1.165, 1.54) is 7.11 Å². The number of ether oxygens (including phenoxy) is 4. The zero-order valence-corrected chi connectivity index (χ0v) is 15.7. The van der Waals surface area contributed by atoms with Crippen LogP contribution in [0.15, 0.2) is 36.4 Å². The highest BCUT2D eigenvalue weighted by Crippen LogP contribution is 2.30. The van der Waals surface area contributed by atoms with Crippen LogP contribution in [0.2, 0.25) is 0 Å². The van der Waals surface area contributed by atoms with Crippen LogP contribution in [0.1, 0.15) is 24.1 Å². The monoisotopic (exact) mass is 370 g/mol. The van der Waals surface area contributed by atoms with E-state index in [1.54, 1.807) is 44.6 Å². The second-order valence-corrected chi connectivity index (χ2v) is 5.66. The number of methoxy groups -OCH3 is 3. The molecule has 0 heterocycles. The molecule has 0 saturated carbocycles. The van der Waals surface area contributed by atoms with E-state index in [0.29, 0.717) is 28.6 Å². The van der Waals surface area contributed by atoms with Crippen LogP contribution in [0.5, 0.6) is 23.0 Å². The van der Waals surface area contributed by atoms with Crippen molar-refractivity contribution >= 4 is 5.91 Å². The number of amides is 1. The molecule has 0 fully saturated rings. The van der Waals surface area contributed by atoms with Crippen molar-refractivity contribution in [2.75, 3.05) is 27.9 Å². The fourth-order valence-electron chi connectivity index (χ4n) is 2.54. The van der Waals surface area contributed by atoms with E-state index in [9.17, 15) is 4.79 Å². The van der Waals surface area contributed by atoms with Crippen molar-refractivity contribution in [2.45, 2.75) is 13.0 Å². The van der Waals surface area contributed by atoms with Gasteiger partial charge in [0.2, 0.25) is 0 Å². The fraction of sp³-hybridized carbons (Fsp3) is 0.300. The van der Waals surface area contributed by atoms with Gasteiger partial charge in [0.1, 0.15) is 11.5 Å². The summed E-state index contributed by atoms with van der Waals surface area (Å²) in [6, 6.07) is 11.8. The molecule has 2 aromatic rings. The van der Waals surface area contributed by atoms with E-state index in [4.69, 9.17) is 24.2 Å². The molecular formula is C20H22N2O5. The molecule has 1 N–H and O–H groups in total. The first-order valence-electron chi connectivity index (χ1n) is 8.24. The van der Waals surface area contributed by atoms with Crippen molar-refractivity contribution in [3.8, 4) is 29.1 Å². The van der Waals surface area contributed by atoms with Crippen molar-refractivity contribution in [2.24, 2.45) is 0 Å². The molecule has 0 unspecified atom stereocenters. The summed E-state index contributed by atoms with van der Waals surface area (Å²) in [6.45, 7) is 1.65. The van der Waals surface area contributed by atoms with E-state index < -0.39 is 0 Å². The molecule has 1 atom stereocenters. The molecule has 27 heavy (non-hydrogen) atoms. The number of rotatable bonds is 8. The van der Waals surface area contributed by atoms with Gasteiger partial charge in [0, 0.05) is 11.6 Å². The first-order chi connectivity index (χ1) is 13.0. The Morgan fingerprint density at radius 3 is 2.37 bits per heavy atom. The summed E-state index contributed by atoms with van der Waals surface area (Å²) in [6.07, 6.45) is 0. The van der Waals surface area contributed by atoms with Crippen LogP contribution in [0.4, 0.5) is 0 Å². The normalized spacial score (nSPS) is 11.1. The van der Waals surface area contributed by atoms with Gasteiger partial charge in [-0.3, -0.25) is 4.79 Å². The van der Waals surface area contributed by atoms with E-state index in [-0.39, 0.29) is 18.6 Å². The summed E-state index contributed by atoms with van der Waals surface area (Å²) in [5, 5.41) is 11.8. The van der Waals surface area contributed by atoms with E-state index in [2.05, 4.69) is 5.32 Å². The minimum absolute atomic E-state index is 0.196. The van der Waals surface area contributed by atoms with Crippen LogP contribution >= 0.6 is 0 Å². The highest BCUT2D eigenvalue weighted by Gasteiger charge is 2.16. The van der Waals surface area contributed by atoms with Crippen molar-refractivity contribution in [1.82, 2.24) is 5.32 Å². The molecule has 0 radical (unpaired) electrons. The first-order valence-corrected chi connectivity index (χ1v) is 8.24. The highest BCUT2D eigenvalue weighted by atomic mass is 16.5. The maximum atomic E-state index is 12.3. The molecule has 142 valence electrons. The molecule has 0 aliphatic heterocycles. The van der Waals surface area contributed by atoms with Crippen molar-refractivity contribution < 1.29 is 23.7 Å². The van der Waals surface area contributed by atoms with Crippen LogP contribution in [0, 0.1) is 11.3 Å². The first kappa shape index (κ1) is 19.9. The van der Waals surface area contributed by atoms with Crippen LogP contribution in [-0.4, -0.2) is 33.8 Å². The average Bonchev–Trinajstić information content (AvgIpc) is 2.71.